The quantitative estimate of drug-likeness (QED) is 0.237. The van der Waals surface area contributed by atoms with Crippen LogP contribution in [-0.4, -0.2) is 110 Å². The van der Waals surface area contributed by atoms with Gasteiger partial charge in [-0.3, -0.25) is 0 Å². The van der Waals surface area contributed by atoms with Gasteiger partial charge < -0.3 is 55.7 Å². The van der Waals surface area contributed by atoms with Gasteiger partial charge in [-0.25, -0.2) is 4.79 Å². The van der Waals surface area contributed by atoms with Gasteiger partial charge >= 0.3 is 5.97 Å². The lowest BCUT2D eigenvalue weighted by molar-refractivity contribution is -0.339. The number of rotatable bonds is 4. The van der Waals surface area contributed by atoms with Gasteiger partial charge in [0.2, 0.25) is 0 Å². The molecule has 4 unspecified atom stereocenters. The monoisotopic (exact) mass is 355 g/mol. The summed E-state index contributed by atoms with van der Waals surface area (Å²) in [7, 11) is 0. The van der Waals surface area contributed by atoms with Gasteiger partial charge in [0.15, 0.2) is 18.7 Å². The molecular weight excluding hydrogens is 334 g/mol. The van der Waals surface area contributed by atoms with E-state index in [0.717, 1.165) is 0 Å². The number of carbonyl (C=O) groups is 1. The van der Waals surface area contributed by atoms with Crippen molar-refractivity contribution in [3.05, 3.63) is 0 Å². The van der Waals surface area contributed by atoms with Crippen molar-refractivity contribution in [1.82, 2.24) is 0 Å². The maximum Gasteiger partial charge on any atom is 0.335 e. The van der Waals surface area contributed by atoms with Gasteiger partial charge in [0.25, 0.3) is 0 Å². The minimum Gasteiger partial charge on any atom is -0.479 e. The van der Waals surface area contributed by atoms with Crippen molar-refractivity contribution in [2.24, 2.45) is 5.73 Å². The smallest absolute Gasteiger partial charge is 0.335 e. The summed E-state index contributed by atoms with van der Waals surface area (Å²) in [5.74, 6) is -1.60. The molecule has 2 fully saturated rings. The molecule has 2 aliphatic rings. The van der Waals surface area contributed by atoms with Crippen LogP contribution in [0.2, 0.25) is 0 Å². The van der Waals surface area contributed by atoms with Crippen molar-refractivity contribution in [3.63, 3.8) is 0 Å². The Balaban J connectivity index is 2.16. The van der Waals surface area contributed by atoms with Gasteiger partial charge in [-0.15, -0.1) is 0 Å². The van der Waals surface area contributed by atoms with E-state index in [0.29, 0.717) is 0 Å². The Labute approximate surface area is 135 Å². The van der Waals surface area contributed by atoms with E-state index in [4.69, 9.17) is 25.1 Å². The van der Waals surface area contributed by atoms with Crippen LogP contribution < -0.4 is 5.73 Å². The lowest BCUT2D eigenvalue weighted by Crippen LogP contribution is -2.66. The van der Waals surface area contributed by atoms with Crippen molar-refractivity contribution in [2.75, 3.05) is 6.61 Å². The number of hydrogen-bond donors (Lipinski definition) is 8. The largest absolute Gasteiger partial charge is 0.479 e. The topological polar surface area (TPSA) is 212 Å². The SMILES string of the molecule is NC1C(O)[C@H](O[C@@H]2OC(C(=O)O)[C@@H](O)C(O)[C@@H]2O)[C@H](CO)O[C@@H]1O. The van der Waals surface area contributed by atoms with E-state index >= 15 is 0 Å². The second-order valence-electron chi connectivity index (χ2n) is 5.65. The number of aliphatic carboxylic acids is 1. The number of aliphatic hydroxyl groups excluding tert-OH is 6. The number of aliphatic hydroxyl groups is 6. The predicted octanol–water partition coefficient (Wildman–Crippen LogP) is -5.34. The van der Waals surface area contributed by atoms with Gasteiger partial charge in [-0.1, -0.05) is 0 Å². The molecule has 0 aliphatic carbocycles. The molecule has 0 aromatic heterocycles. The fourth-order valence-electron chi connectivity index (χ4n) is 2.59. The van der Waals surface area contributed by atoms with Crippen LogP contribution in [0.3, 0.4) is 0 Å². The third-order valence-electron chi connectivity index (χ3n) is 4.03. The average Bonchev–Trinajstić information content (AvgIpc) is 2.54. The Hall–Kier alpha value is -0.930. The van der Waals surface area contributed by atoms with Crippen LogP contribution in [-0.2, 0) is 19.0 Å². The first-order valence-electron chi connectivity index (χ1n) is 7.15. The Kier molecular flexibility index (Phi) is 6.09. The molecule has 2 aliphatic heterocycles. The number of carboxylic acids is 1. The maximum absolute atomic E-state index is 11.0. The first-order valence-corrected chi connectivity index (χ1v) is 7.15. The molecular formula is C12H21NO11. The molecule has 0 radical (unpaired) electrons. The highest BCUT2D eigenvalue weighted by Crippen LogP contribution is 2.28. The lowest BCUT2D eigenvalue weighted by atomic mass is 9.96. The second kappa shape index (κ2) is 7.53. The van der Waals surface area contributed by atoms with Crippen molar-refractivity contribution < 1.29 is 54.8 Å². The summed E-state index contributed by atoms with van der Waals surface area (Å²) in [5.41, 5.74) is 5.52. The third-order valence-corrected chi connectivity index (χ3v) is 4.03. The van der Waals surface area contributed by atoms with Gasteiger partial charge in [-0.05, 0) is 0 Å². The van der Waals surface area contributed by atoms with Gasteiger partial charge in [-0.2, -0.15) is 0 Å². The zero-order valence-electron chi connectivity index (χ0n) is 12.3. The predicted molar refractivity (Wildman–Crippen MR) is 71.1 cm³/mol. The third kappa shape index (κ3) is 3.52. The summed E-state index contributed by atoms with van der Waals surface area (Å²) in [4.78, 5) is 11.0. The summed E-state index contributed by atoms with van der Waals surface area (Å²) >= 11 is 0. The minimum atomic E-state index is -1.90. The highest BCUT2D eigenvalue weighted by Gasteiger charge is 2.51. The molecule has 0 aromatic rings. The molecule has 0 bridgehead atoms. The van der Waals surface area contributed by atoms with Crippen molar-refractivity contribution >= 4 is 5.97 Å². The lowest BCUT2D eigenvalue weighted by Gasteiger charge is -2.45. The zero-order chi connectivity index (χ0) is 18.2. The molecule has 2 saturated heterocycles. The molecule has 2 heterocycles. The number of hydrogen-bond acceptors (Lipinski definition) is 11. The van der Waals surface area contributed by atoms with Crippen molar-refractivity contribution in [1.29, 1.82) is 0 Å². The highest BCUT2D eigenvalue weighted by atomic mass is 16.7. The van der Waals surface area contributed by atoms with Crippen molar-refractivity contribution in [2.45, 2.75) is 61.3 Å². The molecule has 0 spiro atoms. The fourth-order valence-corrected chi connectivity index (χ4v) is 2.59. The highest BCUT2D eigenvalue weighted by molar-refractivity contribution is 5.73. The van der Waals surface area contributed by atoms with Crippen LogP contribution in [0.25, 0.3) is 0 Å². The van der Waals surface area contributed by atoms with Crippen LogP contribution in [0.1, 0.15) is 0 Å². The van der Waals surface area contributed by atoms with Gasteiger partial charge in [0.1, 0.15) is 36.6 Å². The number of carboxylic acid groups (broad SMARTS) is 1. The van der Waals surface area contributed by atoms with Crippen LogP contribution >= 0.6 is 0 Å². The molecule has 2 rings (SSSR count). The molecule has 12 nitrogen and oxygen atoms in total. The van der Waals surface area contributed by atoms with Crippen LogP contribution in [0.15, 0.2) is 0 Å². The Morgan fingerprint density at radius 2 is 1.62 bits per heavy atom. The summed E-state index contributed by atoms with van der Waals surface area (Å²) in [6.07, 6.45) is -15.1. The fraction of sp³-hybridized carbons (Fsp3) is 0.917. The van der Waals surface area contributed by atoms with Gasteiger partial charge in [0, 0.05) is 0 Å². The molecule has 0 amide bonds. The molecule has 9 N–H and O–H groups in total. The molecule has 0 saturated carbocycles. The van der Waals surface area contributed by atoms with Crippen LogP contribution in [0.5, 0.6) is 0 Å². The molecule has 10 atom stereocenters. The van der Waals surface area contributed by atoms with E-state index in [9.17, 15) is 35.4 Å². The number of nitrogens with two attached hydrogens (primary N) is 1. The van der Waals surface area contributed by atoms with E-state index < -0.39 is 73.9 Å². The van der Waals surface area contributed by atoms with Crippen molar-refractivity contribution in [3.8, 4) is 0 Å². The van der Waals surface area contributed by atoms with E-state index in [-0.39, 0.29) is 0 Å². The van der Waals surface area contributed by atoms with Crippen LogP contribution in [0, 0.1) is 0 Å². The standard InChI is InChI=1S/C12H21NO11/c13-3-4(15)8(2(1-14)22-11(3)21)23-12-7(18)5(16)6(17)9(24-12)10(19)20/h2-9,11-12,14-18,21H,1,13H2,(H,19,20)/t2-,3?,4?,5?,6-,7-,8+,9?,11-,12+/m0/s1. The molecule has 12 heteroatoms. The maximum atomic E-state index is 11.0. The molecule has 0 aromatic carbocycles. The van der Waals surface area contributed by atoms with E-state index in [1.807, 2.05) is 0 Å². The second-order valence-corrected chi connectivity index (χ2v) is 5.65. The Morgan fingerprint density at radius 1 is 1.00 bits per heavy atom. The summed E-state index contributed by atoms with van der Waals surface area (Å²) in [6, 6.07) is -1.30. The summed E-state index contributed by atoms with van der Waals surface area (Å²) in [6.45, 7) is -0.693. The molecule has 140 valence electrons. The van der Waals surface area contributed by atoms with E-state index in [1.165, 1.54) is 0 Å². The molecule has 24 heavy (non-hydrogen) atoms. The van der Waals surface area contributed by atoms with Gasteiger partial charge in [0.05, 0.1) is 12.6 Å². The Bertz CT molecular complexity index is 449. The minimum absolute atomic E-state index is 0.693. The number of ether oxygens (including phenoxy) is 3. The summed E-state index contributed by atoms with van der Waals surface area (Å²) in [5, 5.41) is 67.0. The van der Waals surface area contributed by atoms with E-state index in [1.54, 1.807) is 0 Å². The zero-order valence-corrected chi connectivity index (χ0v) is 12.3. The Morgan fingerprint density at radius 3 is 2.17 bits per heavy atom. The van der Waals surface area contributed by atoms with Crippen LogP contribution in [0.4, 0.5) is 0 Å². The average molecular weight is 355 g/mol. The summed E-state index contributed by atoms with van der Waals surface area (Å²) < 4.78 is 15.1. The normalized spacial score (nSPS) is 49.8. The van der Waals surface area contributed by atoms with E-state index in [2.05, 4.69) is 0 Å². The first kappa shape index (κ1) is 19.4. The first-order chi connectivity index (χ1) is 11.2.